The van der Waals surface area contributed by atoms with Gasteiger partial charge < -0.3 is 20.1 Å². The zero-order chi connectivity index (χ0) is 19.4. The highest BCUT2D eigenvalue weighted by Gasteiger charge is 2.19. The van der Waals surface area contributed by atoms with Crippen LogP contribution < -0.4 is 20.1 Å². The Morgan fingerprint density at radius 1 is 1.00 bits per heavy atom. The molecule has 1 amide bonds. The van der Waals surface area contributed by atoms with Crippen molar-refractivity contribution in [3.05, 3.63) is 47.3 Å². The fourth-order valence-corrected chi connectivity index (χ4v) is 2.30. The van der Waals surface area contributed by atoms with Crippen LogP contribution in [-0.4, -0.2) is 26.2 Å². The van der Waals surface area contributed by atoms with Gasteiger partial charge in [-0.25, -0.2) is 13.2 Å². The van der Waals surface area contributed by atoms with Crippen LogP contribution in [0.1, 0.15) is 12.5 Å². The Hall–Kier alpha value is -2.90. The lowest BCUT2D eigenvalue weighted by atomic mass is 10.1. The third-order valence-corrected chi connectivity index (χ3v) is 3.79. The van der Waals surface area contributed by atoms with Gasteiger partial charge in [-0.15, -0.1) is 0 Å². The molecule has 1 atom stereocenters. The molecule has 2 rings (SSSR count). The van der Waals surface area contributed by atoms with Crippen molar-refractivity contribution in [3.63, 3.8) is 0 Å². The Morgan fingerprint density at radius 2 is 1.62 bits per heavy atom. The average Bonchev–Trinajstić information content (AvgIpc) is 2.63. The van der Waals surface area contributed by atoms with Gasteiger partial charge in [0.15, 0.2) is 29.0 Å². The van der Waals surface area contributed by atoms with Gasteiger partial charge in [0.25, 0.3) is 0 Å². The first-order chi connectivity index (χ1) is 12.3. The number of aryl methyl sites for hydroxylation is 1. The van der Waals surface area contributed by atoms with Gasteiger partial charge in [-0.05, 0) is 37.6 Å². The predicted molar refractivity (Wildman–Crippen MR) is 92.3 cm³/mol. The highest BCUT2D eigenvalue weighted by atomic mass is 19.2. The van der Waals surface area contributed by atoms with E-state index < -0.39 is 35.1 Å². The van der Waals surface area contributed by atoms with Crippen molar-refractivity contribution < 1.29 is 27.4 Å². The molecule has 0 aromatic heterocycles. The van der Waals surface area contributed by atoms with E-state index in [1.165, 1.54) is 14.2 Å². The molecule has 0 heterocycles. The van der Waals surface area contributed by atoms with Gasteiger partial charge in [-0.1, -0.05) is 0 Å². The predicted octanol–water partition coefficient (Wildman–Crippen LogP) is 3.87. The van der Waals surface area contributed by atoms with Crippen LogP contribution in [0, 0.1) is 24.4 Å². The monoisotopic (exact) mass is 368 g/mol. The van der Waals surface area contributed by atoms with Crippen molar-refractivity contribution in [1.82, 2.24) is 0 Å². The molecule has 2 N–H and O–H groups in total. The number of hydrogen-bond acceptors (Lipinski definition) is 4. The van der Waals surface area contributed by atoms with E-state index in [0.717, 1.165) is 17.7 Å². The van der Waals surface area contributed by atoms with Crippen LogP contribution in [0.25, 0.3) is 0 Å². The van der Waals surface area contributed by atoms with E-state index in [2.05, 4.69) is 10.6 Å². The molecule has 26 heavy (non-hydrogen) atoms. The number of hydrogen-bond donors (Lipinski definition) is 2. The lowest BCUT2D eigenvalue weighted by molar-refractivity contribution is -0.116. The molecule has 0 aliphatic heterocycles. The van der Waals surface area contributed by atoms with Gasteiger partial charge in [-0.3, -0.25) is 4.79 Å². The van der Waals surface area contributed by atoms with Crippen molar-refractivity contribution >= 4 is 17.3 Å². The third-order valence-electron chi connectivity index (χ3n) is 3.79. The second-order valence-electron chi connectivity index (χ2n) is 5.60. The summed E-state index contributed by atoms with van der Waals surface area (Å²) >= 11 is 0. The van der Waals surface area contributed by atoms with Crippen LogP contribution >= 0.6 is 0 Å². The van der Waals surface area contributed by atoms with Crippen molar-refractivity contribution in [3.8, 4) is 11.5 Å². The maximum absolute atomic E-state index is 13.7. The summed E-state index contributed by atoms with van der Waals surface area (Å²) in [7, 11) is 3.00. The molecule has 2 aromatic rings. The van der Waals surface area contributed by atoms with E-state index in [0.29, 0.717) is 17.2 Å². The van der Waals surface area contributed by atoms with Gasteiger partial charge in [0.1, 0.15) is 6.04 Å². The molecule has 8 heteroatoms. The quantitative estimate of drug-likeness (QED) is 0.760. The summed E-state index contributed by atoms with van der Waals surface area (Å²) in [5.41, 5.74) is 0.962. The number of anilines is 2. The molecular weight excluding hydrogens is 349 g/mol. The van der Waals surface area contributed by atoms with Crippen LogP contribution in [0.3, 0.4) is 0 Å². The second kappa shape index (κ2) is 7.99. The molecule has 0 aliphatic rings. The molecule has 0 bridgehead atoms. The molecule has 0 unspecified atom stereocenters. The number of rotatable bonds is 6. The molecule has 0 saturated heterocycles. The highest BCUT2D eigenvalue weighted by Crippen LogP contribution is 2.33. The molecule has 0 fully saturated rings. The first-order valence-electron chi connectivity index (χ1n) is 7.72. The zero-order valence-corrected chi connectivity index (χ0v) is 14.7. The minimum Gasteiger partial charge on any atom is -0.493 e. The fraction of sp³-hybridized carbons (Fsp3) is 0.278. The van der Waals surface area contributed by atoms with Crippen molar-refractivity contribution in [2.75, 3.05) is 24.9 Å². The summed E-state index contributed by atoms with van der Waals surface area (Å²) in [5, 5.41) is 5.19. The maximum atomic E-state index is 13.7. The number of carbonyl (C=O) groups is 1. The van der Waals surface area contributed by atoms with Crippen LogP contribution in [0.2, 0.25) is 0 Å². The number of amides is 1. The average molecular weight is 368 g/mol. The summed E-state index contributed by atoms with van der Waals surface area (Å²) in [6, 6.07) is 4.31. The Labute approximate surface area is 149 Å². The largest absolute Gasteiger partial charge is 0.493 e. The molecule has 140 valence electrons. The second-order valence-corrected chi connectivity index (χ2v) is 5.60. The van der Waals surface area contributed by atoms with Crippen molar-refractivity contribution in [1.29, 1.82) is 0 Å². The number of benzene rings is 2. The summed E-state index contributed by atoms with van der Waals surface area (Å²) in [4.78, 5) is 12.2. The van der Waals surface area contributed by atoms with Crippen LogP contribution in [0.15, 0.2) is 24.3 Å². The van der Waals surface area contributed by atoms with E-state index >= 15 is 0 Å². The van der Waals surface area contributed by atoms with Crippen molar-refractivity contribution in [2.45, 2.75) is 19.9 Å². The minimum atomic E-state index is -1.64. The zero-order valence-electron chi connectivity index (χ0n) is 14.7. The van der Waals surface area contributed by atoms with Gasteiger partial charge in [0.05, 0.1) is 19.9 Å². The summed E-state index contributed by atoms with van der Waals surface area (Å²) in [5.74, 6) is -4.03. The molecular formula is C18H19F3N2O3. The Morgan fingerprint density at radius 3 is 2.23 bits per heavy atom. The molecule has 5 nitrogen and oxygen atoms in total. The van der Waals surface area contributed by atoms with E-state index in [1.807, 2.05) is 6.92 Å². The standard InChI is InChI=1S/C18H19F3N2O3/c1-9-7-14(25-3)15(26-4)8-13(9)22-10(2)18(24)23-12-6-5-11(19)16(20)17(12)21/h5-8,10,22H,1-4H3,(H,23,24)/t10-/m0/s1. The Kier molecular flexibility index (Phi) is 5.97. The van der Waals surface area contributed by atoms with Gasteiger partial charge in [-0.2, -0.15) is 0 Å². The maximum Gasteiger partial charge on any atom is 0.246 e. The highest BCUT2D eigenvalue weighted by molar-refractivity contribution is 5.96. The van der Waals surface area contributed by atoms with Crippen LogP contribution in [-0.2, 0) is 4.79 Å². The third kappa shape index (κ3) is 4.01. The molecule has 0 radical (unpaired) electrons. The Bertz CT molecular complexity index is 828. The molecule has 2 aromatic carbocycles. The number of halogens is 3. The first kappa shape index (κ1) is 19.4. The first-order valence-corrected chi connectivity index (χ1v) is 7.72. The van der Waals surface area contributed by atoms with Crippen LogP contribution in [0.5, 0.6) is 11.5 Å². The number of carbonyl (C=O) groups excluding carboxylic acids is 1. The van der Waals surface area contributed by atoms with E-state index in [4.69, 9.17) is 9.47 Å². The summed E-state index contributed by atoms with van der Waals surface area (Å²) in [6.45, 7) is 3.35. The lowest BCUT2D eigenvalue weighted by Crippen LogP contribution is -2.32. The lowest BCUT2D eigenvalue weighted by Gasteiger charge is -2.19. The topological polar surface area (TPSA) is 59.6 Å². The molecule has 0 aliphatic carbocycles. The van der Waals surface area contributed by atoms with E-state index in [1.54, 1.807) is 19.1 Å². The SMILES string of the molecule is COc1cc(C)c(N[C@@H](C)C(=O)Nc2ccc(F)c(F)c2F)cc1OC. The fourth-order valence-electron chi connectivity index (χ4n) is 2.30. The smallest absolute Gasteiger partial charge is 0.246 e. The normalized spacial score (nSPS) is 11.7. The van der Waals surface area contributed by atoms with Gasteiger partial charge >= 0.3 is 0 Å². The molecule has 0 saturated carbocycles. The van der Waals surface area contributed by atoms with E-state index in [-0.39, 0.29) is 0 Å². The van der Waals surface area contributed by atoms with Crippen molar-refractivity contribution in [2.24, 2.45) is 0 Å². The summed E-state index contributed by atoms with van der Waals surface area (Å²) in [6.07, 6.45) is 0. The number of methoxy groups -OCH3 is 2. The molecule has 0 spiro atoms. The van der Waals surface area contributed by atoms with Gasteiger partial charge in [0, 0.05) is 11.8 Å². The Balaban J connectivity index is 2.16. The minimum absolute atomic E-state index is 0.438. The number of nitrogens with one attached hydrogen (secondary N) is 2. The van der Waals surface area contributed by atoms with Crippen LogP contribution in [0.4, 0.5) is 24.5 Å². The summed E-state index contributed by atoms with van der Waals surface area (Å²) < 4.78 is 50.3. The van der Waals surface area contributed by atoms with Gasteiger partial charge in [0.2, 0.25) is 5.91 Å². The van der Waals surface area contributed by atoms with E-state index in [9.17, 15) is 18.0 Å². The number of ether oxygens (including phenoxy) is 2.